The van der Waals surface area contributed by atoms with Crippen LogP contribution in [0.4, 0.5) is 5.82 Å². The maximum atomic E-state index is 5.46. The summed E-state index contributed by atoms with van der Waals surface area (Å²) in [6.07, 6.45) is 0. The molecule has 8 nitrogen and oxygen atoms in total. The van der Waals surface area contributed by atoms with Crippen LogP contribution in [0.1, 0.15) is 17.2 Å². The quantitative estimate of drug-likeness (QED) is 0.751. The Hall–Kier alpha value is -2.58. The van der Waals surface area contributed by atoms with Crippen LogP contribution in [-0.2, 0) is 4.74 Å². The predicted molar refractivity (Wildman–Crippen MR) is 93.4 cm³/mol. The number of rotatable bonds is 5. The highest BCUT2D eigenvalue weighted by molar-refractivity contribution is 5.44. The van der Waals surface area contributed by atoms with E-state index in [-0.39, 0.29) is 6.04 Å². The van der Waals surface area contributed by atoms with Crippen molar-refractivity contribution >= 4 is 11.5 Å². The van der Waals surface area contributed by atoms with Crippen molar-refractivity contribution in [2.75, 3.05) is 38.2 Å². The second-order valence-corrected chi connectivity index (χ2v) is 6.27. The van der Waals surface area contributed by atoms with Crippen molar-refractivity contribution in [2.45, 2.75) is 13.0 Å². The number of fused-ring (bicyclic) bond motifs is 1. The summed E-state index contributed by atoms with van der Waals surface area (Å²) in [7, 11) is 0. The number of nitrogens with one attached hydrogen (secondary N) is 1. The summed E-state index contributed by atoms with van der Waals surface area (Å²) in [6.45, 7) is 6.46. The molecular weight excluding hydrogens is 318 g/mol. The molecule has 1 saturated heterocycles. The van der Waals surface area contributed by atoms with E-state index in [1.54, 1.807) is 0 Å². The maximum absolute atomic E-state index is 5.46. The van der Waals surface area contributed by atoms with Gasteiger partial charge in [0, 0.05) is 19.6 Å². The minimum atomic E-state index is 0.125. The van der Waals surface area contributed by atoms with Crippen LogP contribution < -0.4 is 5.32 Å². The Morgan fingerprint density at radius 2 is 1.92 bits per heavy atom. The Morgan fingerprint density at radius 1 is 1.12 bits per heavy atom. The Morgan fingerprint density at radius 3 is 2.72 bits per heavy atom. The first kappa shape index (κ1) is 15.9. The van der Waals surface area contributed by atoms with E-state index in [0.717, 1.165) is 38.7 Å². The van der Waals surface area contributed by atoms with E-state index in [2.05, 4.69) is 62.0 Å². The number of tetrazole rings is 1. The molecule has 3 heterocycles. The maximum Gasteiger partial charge on any atom is 0.200 e. The van der Waals surface area contributed by atoms with Crippen LogP contribution in [-0.4, -0.2) is 63.0 Å². The standard InChI is InChI=1S/C17H21N7O/c1-13-2-4-14(5-3-13)15(12-23-8-10-25-11-9-23)18-16-6-7-17-19-21-22-24(17)20-16/h2-7,15H,8-12H2,1H3,(H,18,20)/t15-/m1/s1. The number of aryl methyl sites for hydroxylation is 1. The lowest BCUT2D eigenvalue weighted by atomic mass is 10.0. The van der Waals surface area contributed by atoms with E-state index in [1.165, 1.54) is 15.8 Å². The third kappa shape index (κ3) is 3.75. The summed E-state index contributed by atoms with van der Waals surface area (Å²) in [4.78, 5) is 2.41. The van der Waals surface area contributed by atoms with Crippen LogP contribution >= 0.6 is 0 Å². The molecule has 1 atom stereocenters. The van der Waals surface area contributed by atoms with Gasteiger partial charge in [0.1, 0.15) is 5.82 Å². The Labute approximate surface area is 145 Å². The molecule has 0 radical (unpaired) electrons. The third-order valence-electron chi connectivity index (χ3n) is 4.42. The van der Waals surface area contributed by atoms with Gasteiger partial charge in [-0.05, 0) is 35.0 Å². The fourth-order valence-corrected chi connectivity index (χ4v) is 2.98. The van der Waals surface area contributed by atoms with E-state index >= 15 is 0 Å². The second kappa shape index (κ2) is 7.12. The highest BCUT2D eigenvalue weighted by atomic mass is 16.5. The third-order valence-corrected chi connectivity index (χ3v) is 4.42. The fraction of sp³-hybridized carbons (Fsp3) is 0.412. The van der Waals surface area contributed by atoms with Crippen molar-refractivity contribution in [3.05, 3.63) is 47.5 Å². The van der Waals surface area contributed by atoms with Crippen LogP contribution in [0.25, 0.3) is 5.65 Å². The Bertz CT molecular complexity index is 826. The zero-order valence-corrected chi connectivity index (χ0v) is 14.2. The zero-order chi connectivity index (χ0) is 17.1. The summed E-state index contributed by atoms with van der Waals surface area (Å²) in [5, 5.41) is 19.4. The van der Waals surface area contributed by atoms with Gasteiger partial charge in [0.25, 0.3) is 0 Å². The minimum absolute atomic E-state index is 0.125. The molecule has 8 heteroatoms. The molecule has 1 aliphatic heterocycles. The molecule has 25 heavy (non-hydrogen) atoms. The SMILES string of the molecule is Cc1ccc([C@@H](CN2CCOCC2)Nc2ccc3nnnn3n2)cc1. The van der Waals surface area contributed by atoms with Gasteiger partial charge in [-0.1, -0.05) is 29.8 Å². The number of morpholine rings is 1. The van der Waals surface area contributed by atoms with Crippen LogP contribution in [0.3, 0.4) is 0 Å². The summed E-state index contributed by atoms with van der Waals surface area (Å²) in [5.41, 5.74) is 3.11. The van der Waals surface area contributed by atoms with Gasteiger partial charge in [-0.2, -0.15) is 0 Å². The zero-order valence-electron chi connectivity index (χ0n) is 14.2. The number of aromatic nitrogens is 5. The number of hydrogen-bond donors (Lipinski definition) is 1. The first-order valence-electron chi connectivity index (χ1n) is 8.46. The van der Waals surface area contributed by atoms with Crippen molar-refractivity contribution in [3.8, 4) is 0 Å². The molecule has 130 valence electrons. The van der Waals surface area contributed by atoms with Crippen molar-refractivity contribution in [2.24, 2.45) is 0 Å². The summed E-state index contributed by atoms with van der Waals surface area (Å²) < 4.78 is 6.89. The Balaban J connectivity index is 1.57. The van der Waals surface area contributed by atoms with Gasteiger partial charge in [-0.15, -0.1) is 14.8 Å². The lowest BCUT2D eigenvalue weighted by Crippen LogP contribution is -2.40. The number of hydrogen-bond acceptors (Lipinski definition) is 7. The van der Waals surface area contributed by atoms with Crippen LogP contribution in [0.15, 0.2) is 36.4 Å². The van der Waals surface area contributed by atoms with E-state index in [0.29, 0.717) is 5.65 Å². The molecule has 1 fully saturated rings. The smallest absolute Gasteiger partial charge is 0.200 e. The molecule has 1 N–H and O–H groups in total. The Kier molecular flexibility index (Phi) is 4.53. The number of ether oxygens (including phenoxy) is 1. The number of nitrogens with zero attached hydrogens (tertiary/aromatic N) is 6. The molecule has 0 amide bonds. The van der Waals surface area contributed by atoms with Gasteiger partial charge in [0.05, 0.1) is 19.3 Å². The first-order valence-corrected chi connectivity index (χ1v) is 8.46. The molecular formula is C17H21N7O. The molecule has 0 aliphatic carbocycles. The molecule has 0 bridgehead atoms. The van der Waals surface area contributed by atoms with Crippen molar-refractivity contribution in [3.63, 3.8) is 0 Å². The number of benzene rings is 1. The van der Waals surface area contributed by atoms with E-state index in [4.69, 9.17) is 4.74 Å². The minimum Gasteiger partial charge on any atom is -0.379 e. The number of anilines is 1. The van der Waals surface area contributed by atoms with Crippen LogP contribution in [0.5, 0.6) is 0 Å². The second-order valence-electron chi connectivity index (χ2n) is 6.27. The molecule has 3 aromatic rings. The molecule has 0 spiro atoms. The lowest BCUT2D eigenvalue weighted by molar-refractivity contribution is 0.0360. The fourth-order valence-electron chi connectivity index (χ4n) is 2.98. The highest BCUT2D eigenvalue weighted by Gasteiger charge is 2.19. The van der Waals surface area contributed by atoms with Crippen molar-refractivity contribution < 1.29 is 4.74 Å². The average molecular weight is 339 g/mol. The summed E-state index contributed by atoms with van der Waals surface area (Å²) >= 11 is 0. The normalized spacial score (nSPS) is 16.8. The molecule has 4 rings (SSSR count). The van der Waals surface area contributed by atoms with Crippen LogP contribution in [0, 0.1) is 6.92 Å². The first-order chi connectivity index (χ1) is 12.3. The molecule has 0 unspecified atom stereocenters. The van der Waals surface area contributed by atoms with Crippen molar-refractivity contribution in [1.82, 2.24) is 30.2 Å². The molecule has 2 aromatic heterocycles. The lowest BCUT2D eigenvalue weighted by Gasteiger charge is -2.31. The molecule has 1 aliphatic rings. The average Bonchev–Trinajstić information content (AvgIpc) is 3.10. The molecule has 1 aromatic carbocycles. The topological polar surface area (TPSA) is 80.5 Å². The van der Waals surface area contributed by atoms with Gasteiger partial charge >= 0.3 is 0 Å². The van der Waals surface area contributed by atoms with Gasteiger partial charge in [0.15, 0.2) is 5.65 Å². The van der Waals surface area contributed by atoms with E-state index < -0.39 is 0 Å². The molecule has 0 saturated carbocycles. The van der Waals surface area contributed by atoms with Gasteiger partial charge in [-0.25, -0.2) is 0 Å². The predicted octanol–water partition coefficient (Wildman–Crippen LogP) is 1.31. The monoisotopic (exact) mass is 339 g/mol. The van der Waals surface area contributed by atoms with E-state index in [9.17, 15) is 0 Å². The van der Waals surface area contributed by atoms with Crippen molar-refractivity contribution in [1.29, 1.82) is 0 Å². The summed E-state index contributed by atoms with van der Waals surface area (Å²) in [5.74, 6) is 0.749. The van der Waals surface area contributed by atoms with Gasteiger partial charge < -0.3 is 10.1 Å². The van der Waals surface area contributed by atoms with Gasteiger partial charge in [-0.3, -0.25) is 4.90 Å². The largest absolute Gasteiger partial charge is 0.379 e. The van der Waals surface area contributed by atoms with Gasteiger partial charge in [0.2, 0.25) is 0 Å². The van der Waals surface area contributed by atoms with Crippen LogP contribution in [0.2, 0.25) is 0 Å². The van der Waals surface area contributed by atoms with E-state index in [1.807, 2.05) is 12.1 Å². The summed E-state index contributed by atoms with van der Waals surface area (Å²) in [6, 6.07) is 12.5. The highest BCUT2D eigenvalue weighted by Crippen LogP contribution is 2.21.